The number of thiophene rings is 1. The molecule has 2 unspecified atom stereocenters. The van der Waals surface area contributed by atoms with Crippen LogP contribution in [-0.2, 0) is 17.7 Å². The summed E-state index contributed by atoms with van der Waals surface area (Å²) in [7, 11) is 0. The molecule has 1 amide bonds. The van der Waals surface area contributed by atoms with Crippen molar-refractivity contribution in [3.05, 3.63) is 26.6 Å². The Balaban J connectivity index is 1.13. The number of aryl methyl sites for hydroxylation is 2. The van der Waals surface area contributed by atoms with Crippen LogP contribution in [0.15, 0.2) is 4.79 Å². The zero-order chi connectivity index (χ0) is 23.0. The maximum Gasteiger partial charge on any atom is 0.262 e. The van der Waals surface area contributed by atoms with E-state index in [4.69, 9.17) is 9.72 Å². The van der Waals surface area contributed by atoms with Gasteiger partial charge >= 0.3 is 0 Å². The highest BCUT2D eigenvalue weighted by molar-refractivity contribution is 7.20. The van der Waals surface area contributed by atoms with Crippen LogP contribution < -0.4 is 10.9 Å². The molecule has 7 heteroatoms. The lowest BCUT2D eigenvalue weighted by Gasteiger charge is -2.65. The highest BCUT2D eigenvalue weighted by Gasteiger charge is 2.60. The fourth-order valence-corrected chi connectivity index (χ4v) is 9.57. The Bertz CT molecular complexity index is 1180. The Morgan fingerprint density at radius 1 is 1.18 bits per heavy atom. The zero-order valence-electron chi connectivity index (χ0n) is 20.1. The predicted molar refractivity (Wildman–Crippen MR) is 130 cm³/mol. The van der Waals surface area contributed by atoms with Crippen molar-refractivity contribution in [3.63, 3.8) is 0 Å². The molecule has 5 aliphatic rings. The van der Waals surface area contributed by atoms with Gasteiger partial charge in [-0.1, -0.05) is 13.8 Å². The van der Waals surface area contributed by atoms with Crippen molar-refractivity contribution in [3.8, 4) is 0 Å². The molecule has 1 N–H and O–H groups in total. The molecular formula is C26H35N3O3S. The van der Waals surface area contributed by atoms with Gasteiger partial charge < -0.3 is 10.1 Å². The summed E-state index contributed by atoms with van der Waals surface area (Å²) in [5.74, 6) is 1.54. The van der Waals surface area contributed by atoms with Crippen LogP contribution in [0, 0.1) is 23.7 Å². The van der Waals surface area contributed by atoms with Gasteiger partial charge in [-0.05, 0) is 80.6 Å². The molecule has 0 radical (unpaired) electrons. The lowest BCUT2D eigenvalue weighted by molar-refractivity contribution is -0.213. The van der Waals surface area contributed by atoms with Gasteiger partial charge in [-0.15, -0.1) is 11.3 Å². The summed E-state index contributed by atoms with van der Waals surface area (Å²) in [6, 6.07) is 0. The summed E-state index contributed by atoms with van der Waals surface area (Å²) in [6.45, 7) is 8.55. The van der Waals surface area contributed by atoms with Gasteiger partial charge in [0.15, 0.2) is 0 Å². The summed E-state index contributed by atoms with van der Waals surface area (Å²) in [4.78, 5) is 32.1. The van der Waals surface area contributed by atoms with E-state index in [1.165, 1.54) is 37.0 Å². The Morgan fingerprint density at radius 2 is 1.94 bits per heavy atom. The third-order valence-corrected chi connectivity index (χ3v) is 9.92. The van der Waals surface area contributed by atoms with Gasteiger partial charge in [-0.25, -0.2) is 4.98 Å². The number of nitrogens with zero attached hydrogens (tertiary/aromatic N) is 2. The van der Waals surface area contributed by atoms with E-state index in [0.29, 0.717) is 39.1 Å². The summed E-state index contributed by atoms with van der Waals surface area (Å²) in [6.07, 6.45) is 10.5. The number of ether oxygens (including phenoxy) is 1. The highest BCUT2D eigenvalue weighted by Crippen LogP contribution is 2.67. The molecule has 2 aromatic heterocycles. The van der Waals surface area contributed by atoms with Gasteiger partial charge in [-0.2, -0.15) is 0 Å². The van der Waals surface area contributed by atoms with Crippen molar-refractivity contribution < 1.29 is 9.53 Å². The molecule has 33 heavy (non-hydrogen) atoms. The molecule has 4 bridgehead atoms. The van der Waals surface area contributed by atoms with Gasteiger partial charge in [0.1, 0.15) is 10.7 Å². The van der Waals surface area contributed by atoms with Crippen LogP contribution in [0.4, 0.5) is 0 Å². The number of hydrogen-bond donors (Lipinski definition) is 1. The van der Waals surface area contributed by atoms with E-state index in [1.807, 2.05) is 6.92 Å². The summed E-state index contributed by atoms with van der Waals surface area (Å²) in [5.41, 5.74) is 1.61. The molecule has 1 aliphatic heterocycles. The molecule has 4 saturated carbocycles. The number of fused-ring (bicyclic) bond motifs is 2. The van der Waals surface area contributed by atoms with E-state index in [0.717, 1.165) is 56.0 Å². The number of nitrogens with one attached hydrogen (secondary N) is 1. The lowest BCUT2D eigenvalue weighted by Crippen LogP contribution is -2.59. The minimum atomic E-state index is -0.120. The maximum absolute atomic E-state index is 13.0. The Kier molecular flexibility index (Phi) is 4.87. The van der Waals surface area contributed by atoms with E-state index >= 15 is 0 Å². The second kappa shape index (κ2) is 7.38. The molecule has 4 aliphatic carbocycles. The Morgan fingerprint density at radius 3 is 2.67 bits per heavy atom. The van der Waals surface area contributed by atoms with Crippen molar-refractivity contribution >= 4 is 27.5 Å². The van der Waals surface area contributed by atoms with Gasteiger partial charge in [0, 0.05) is 19.5 Å². The van der Waals surface area contributed by atoms with Crippen molar-refractivity contribution in [1.29, 1.82) is 0 Å². The number of aromatic nitrogens is 2. The largest absolute Gasteiger partial charge is 0.373 e. The number of rotatable bonds is 5. The Labute approximate surface area is 199 Å². The Hall–Kier alpha value is -1.73. The smallest absolute Gasteiger partial charge is 0.262 e. The van der Waals surface area contributed by atoms with E-state index in [2.05, 4.69) is 19.2 Å². The first-order valence-electron chi connectivity index (χ1n) is 12.6. The average Bonchev–Trinajstić information content (AvgIpc) is 3.05. The molecule has 7 rings (SSSR count). The molecule has 0 spiro atoms. The zero-order valence-corrected chi connectivity index (χ0v) is 20.9. The third kappa shape index (κ3) is 3.57. The van der Waals surface area contributed by atoms with Crippen LogP contribution in [0.2, 0.25) is 0 Å². The molecule has 0 saturated heterocycles. The first kappa shape index (κ1) is 21.8. The predicted octanol–water partition coefficient (Wildman–Crippen LogP) is 4.60. The third-order valence-electron chi connectivity index (χ3n) is 8.74. The molecule has 2 atom stereocenters. The number of carbonyl (C=O) groups excluding carboxylic acids is 1. The minimum absolute atomic E-state index is 0.00114. The summed E-state index contributed by atoms with van der Waals surface area (Å²) in [5, 5.41) is 3.66. The SMILES string of the molecule is Cc1c(C(=O)NCCOC23CC4CC(C)(CC(C)(C4)C2)C3)sc2nc3n(c(=O)c12)CCCC3. The number of carbonyl (C=O) groups is 1. The van der Waals surface area contributed by atoms with Crippen molar-refractivity contribution in [1.82, 2.24) is 14.9 Å². The van der Waals surface area contributed by atoms with Crippen LogP contribution in [0.1, 0.15) is 86.3 Å². The van der Waals surface area contributed by atoms with E-state index < -0.39 is 0 Å². The first-order valence-corrected chi connectivity index (χ1v) is 13.5. The topological polar surface area (TPSA) is 73.2 Å². The standard InChI is InChI=1S/C26H35N3O3S/c1-16-19-22(28-18-6-4-5-8-29(18)23(19)31)33-20(16)21(30)27-7-9-32-26-12-17-10-24(2,14-26)13-25(3,11-17)15-26/h17H,4-15H2,1-3H3,(H,27,30). The highest BCUT2D eigenvalue weighted by atomic mass is 32.1. The maximum atomic E-state index is 13.0. The number of amides is 1. The van der Waals surface area contributed by atoms with Crippen LogP contribution in [0.3, 0.4) is 0 Å². The minimum Gasteiger partial charge on any atom is -0.373 e. The van der Waals surface area contributed by atoms with Gasteiger partial charge in [0.25, 0.3) is 11.5 Å². The molecule has 6 nitrogen and oxygen atoms in total. The average molecular weight is 470 g/mol. The van der Waals surface area contributed by atoms with E-state index in [-0.39, 0.29) is 17.1 Å². The summed E-state index contributed by atoms with van der Waals surface area (Å²) < 4.78 is 8.36. The van der Waals surface area contributed by atoms with Gasteiger partial charge in [-0.3, -0.25) is 14.2 Å². The van der Waals surface area contributed by atoms with Crippen LogP contribution in [0.5, 0.6) is 0 Å². The van der Waals surface area contributed by atoms with Crippen LogP contribution >= 0.6 is 11.3 Å². The fourth-order valence-electron chi connectivity index (χ4n) is 8.47. The summed E-state index contributed by atoms with van der Waals surface area (Å²) >= 11 is 1.35. The first-order chi connectivity index (χ1) is 15.7. The van der Waals surface area contributed by atoms with Crippen LogP contribution in [0.25, 0.3) is 10.2 Å². The number of hydrogen-bond acceptors (Lipinski definition) is 5. The molecule has 4 fully saturated rings. The van der Waals surface area contributed by atoms with Crippen LogP contribution in [-0.4, -0.2) is 34.2 Å². The van der Waals surface area contributed by atoms with Crippen molar-refractivity contribution in [2.24, 2.45) is 16.7 Å². The molecule has 178 valence electrons. The molecular weight excluding hydrogens is 434 g/mol. The molecule has 3 heterocycles. The lowest BCUT2D eigenvalue weighted by atomic mass is 9.43. The fraction of sp³-hybridized carbons (Fsp3) is 0.731. The van der Waals surface area contributed by atoms with Gasteiger partial charge in [0.2, 0.25) is 0 Å². The van der Waals surface area contributed by atoms with Gasteiger partial charge in [0.05, 0.1) is 22.5 Å². The van der Waals surface area contributed by atoms with E-state index in [9.17, 15) is 9.59 Å². The molecule has 0 aromatic carbocycles. The monoisotopic (exact) mass is 469 g/mol. The van der Waals surface area contributed by atoms with Crippen molar-refractivity contribution in [2.75, 3.05) is 13.2 Å². The van der Waals surface area contributed by atoms with E-state index in [1.54, 1.807) is 4.57 Å². The second-order valence-electron chi connectivity index (χ2n) is 12.1. The van der Waals surface area contributed by atoms with Crippen molar-refractivity contribution in [2.45, 2.75) is 90.7 Å². The molecule has 2 aromatic rings. The second-order valence-corrected chi connectivity index (χ2v) is 13.1. The quantitative estimate of drug-likeness (QED) is 0.650. The normalized spacial score (nSPS) is 34.6.